The number of rotatable bonds is 3. The molecule has 0 radical (unpaired) electrons. The van der Waals surface area contributed by atoms with E-state index in [2.05, 4.69) is 5.32 Å². The number of halogens is 1. The Kier molecular flexibility index (Phi) is 6.17. The van der Waals surface area contributed by atoms with Gasteiger partial charge in [-0.15, -0.1) is 12.4 Å². The summed E-state index contributed by atoms with van der Waals surface area (Å²) in [6.45, 7) is 5.52. The molecule has 4 nitrogen and oxygen atoms in total. The van der Waals surface area contributed by atoms with E-state index in [-0.39, 0.29) is 24.4 Å². The highest BCUT2D eigenvalue weighted by atomic mass is 35.5. The molecule has 0 aromatic carbocycles. The molecule has 0 spiro atoms. The van der Waals surface area contributed by atoms with Crippen LogP contribution >= 0.6 is 12.4 Å². The Morgan fingerprint density at radius 3 is 2.73 bits per heavy atom. The summed E-state index contributed by atoms with van der Waals surface area (Å²) in [6.07, 6.45) is 2.03. The molecule has 0 saturated carbocycles. The van der Waals surface area contributed by atoms with Gasteiger partial charge < -0.3 is 15.8 Å². The van der Waals surface area contributed by atoms with Crippen LogP contribution in [0.15, 0.2) is 0 Å². The van der Waals surface area contributed by atoms with Crippen molar-refractivity contribution >= 4 is 18.3 Å². The van der Waals surface area contributed by atoms with Gasteiger partial charge in [0, 0.05) is 13.2 Å². The van der Waals surface area contributed by atoms with E-state index in [4.69, 9.17) is 10.5 Å². The molecule has 0 aliphatic carbocycles. The monoisotopic (exact) mass is 236 g/mol. The van der Waals surface area contributed by atoms with E-state index >= 15 is 0 Å². The second kappa shape index (κ2) is 6.30. The summed E-state index contributed by atoms with van der Waals surface area (Å²) in [5.74, 6) is 0.0236. The molecule has 1 heterocycles. The zero-order valence-corrected chi connectivity index (χ0v) is 10.2. The zero-order valence-electron chi connectivity index (χ0n) is 9.41. The van der Waals surface area contributed by atoms with Gasteiger partial charge in [-0.25, -0.2) is 0 Å². The molecule has 0 aromatic rings. The molecule has 1 rings (SSSR count). The van der Waals surface area contributed by atoms with Crippen molar-refractivity contribution in [3.05, 3.63) is 0 Å². The van der Waals surface area contributed by atoms with E-state index in [9.17, 15) is 4.79 Å². The van der Waals surface area contributed by atoms with Gasteiger partial charge in [-0.05, 0) is 26.7 Å². The first-order valence-electron chi connectivity index (χ1n) is 5.15. The average molecular weight is 237 g/mol. The first kappa shape index (κ1) is 14.7. The Hall–Kier alpha value is -0.320. The standard InChI is InChI=1S/C10H20N2O2.ClH/c1-10(2,7-11)9(13)12-8-4-3-5-14-6-8;/h8H,3-7,11H2,1-2H3,(H,12,13);1H. The summed E-state index contributed by atoms with van der Waals surface area (Å²) in [4.78, 5) is 11.7. The predicted molar refractivity (Wildman–Crippen MR) is 62.1 cm³/mol. The van der Waals surface area contributed by atoms with Crippen molar-refractivity contribution in [3.8, 4) is 0 Å². The molecule has 1 aliphatic rings. The van der Waals surface area contributed by atoms with Gasteiger partial charge in [0.25, 0.3) is 0 Å². The quantitative estimate of drug-likeness (QED) is 0.758. The number of amides is 1. The number of hydrogen-bond acceptors (Lipinski definition) is 3. The minimum absolute atomic E-state index is 0. The van der Waals surface area contributed by atoms with Crippen molar-refractivity contribution in [3.63, 3.8) is 0 Å². The lowest BCUT2D eigenvalue weighted by atomic mass is 9.92. The fourth-order valence-corrected chi connectivity index (χ4v) is 1.33. The third-order valence-corrected chi connectivity index (χ3v) is 2.62. The van der Waals surface area contributed by atoms with Crippen molar-refractivity contribution < 1.29 is 9.53 Å². The molecule has 1 aliphatic heterocycles. The Morgan fingerprint density at radius 1 is 1.60 bits per heavy atom. The number of carbonyl (C=O) groups excluding carboxylic acids is 1. The molecule has 90 valence electrons. The van der Waals surface area contributed by atoms with Gasteiger partial charge in [-0.2, -0.15) is 0 Å². The number of nitrogens with one attached hydrogen (secondary N) is 1. The van der Waals surface area contributed by atoms with Crippen molar-refractivity contribution in [2.24, 2.45) is 11.1 Å². The van der Waals surface area contributed by atoms with E-state index in [1.54, 1.807) is 0 Å². The Bertz CT molecular complexity index is 204. The molecule has 15 heavy (non-hydrogen) atoms. The first-order chi connectivity index (χ1) is 6.56. The summed E-state index contributed by atoms with van der Waals surface area (Å²) in [5, 5.41) is 2.97. The van der Waals surface area contributed by atoms with Crippen molar-refractivity contribution in [1.82, 2.24) is 5.32 Å². The minimum Gasteiger partial charge on any atom is -0.379 e. The smallest absolute Gasteiger partial charge is 0.227 e. The van der Waals surface area contributed by atoms with Crippen LogP contribution in [0, 0.1) is 5.41 Å². The minimum atomic E-state index is -0.475. The summed E-state index contributed by atoms with van der Waals surface area (Å²) < 4.78 is 5.28. The van der Waals surface area contributed by atoms with Gasteiger partial charge in [0.15, 0.2) is 0 Å². The summed E-state index contributed by atoms with van der Waals surface area (Å²) in [6, 6.07) is 0.169. The number of hydrogen-bond donors (Lipinski definition) is 2. The molecule has 5 heteroatoms. The molecule has 1 unspecified atom stereocenters. The van der Waals surface area contributed by atoms with Crippen LogP contribution in [0.1, 0.15) is 26.7 Å². The van der Waals surface area contributed by atoms with Crippen LogP contribution in [0.25, 0.3) is 0 Å². The van der Waals surface area contributed by atoms with E-state index in [1.165, 1.54) is 0 Å². The maximum atomic E-state index is 11.7. The molecule has 1 saturated heterocycles. The average Bonchev–Trinajstić information content (AvgIpc) is 2.19. The van der Waals surface area contributed by atoms with E-state index in [0.717, 1.165) is 19.4 Å². The predicted octanol–water partition coefficient (Wildman–Crippen LogP) is 0.688. The lowest BCUT2D eigenvalue weighted by molar-refractivity contribution is -0.130. The third-order valence-electron chi connectivity index (χ3n) is 2.62. The Balaban J connectivity index is 0.00000196. The van der Waals surface area contributed by atoms with Crippen LogP contribution in [-0.2, 0) is 9.53 Å². The topological polar surface area (TPSA) is 64.4 Å². The van der Waals surface area contributed by atoms with E-state index < -0.39 is 5.41 Å². The van der Waals surface area contributed by atoms with Crippen molar-refractivity contribution in [2.75, 3.05) is 19.8 Å². The number of carbonyl (C=O) groups is 1. The summed E-state index contributed by atoms with van der Waals surface area (Å²) in [5.41, 5.74) is 5.05. The molecule has 1 fully saturated rings. The Labute approximate surface area is 97.3 Å². The molecule has 0 bridgehead atoms. The maximum absolute atomic E-state index is 11.7. The highest BCUT2D eigenvalue weighted by molar-refractivity contribution is 5.85. The molecular formula is C10H21ClN2O2. The fraction of sp³-hybridized carbons (Fsp3) is 0.900. The highest BCUT2D eigenvalue weighted by Gasteiger charge is 2.28. The summed E-state index contributed by atoms with van der Waals surface area (Å²) in [7, 11) is 0. The van der Waals surface area contributed by atoms with Gasteiger partial charge >= 0.3 is 0 Å². The molecular weight excluding hydrogens is 216 g/mol. The van der Waals surface area contributed by atoms with E-state index in [1.807, 2.05) is 13.8 Å². The lowest BCUT2D eigenvalue weighted by Gasteiger charge is -2.28. The van der Waals surface area contributed by atoms with Crippen molar-refractivity contribution in [1.29, 1.82) is 0 Å². The van der Waals surface area contributed by atoms with Crippen LogP contribution in [-0.4, -0.2) is 31.7 Å². The van der Waals surface area contributed by atoms with E-state index in [0.29, 0.717) is 13.2 Å². The van der Waals surface area contributed by atoms with Crippen LogP contribution < -0.4 is 11.1 Å². The second-order valence-corrected chi connectivity index (χ2v) is 4.48. The zero-order chi connectivity index (χ0) is 10.6. The maximum Gasteiger partial charge on any atom is 0.227 e. The molecule has 1 amide bonds. The van der Waals surface area contributed by atoms with Gasteiger partial charge in [-0.3, -0.25) is 4.79 Å². The van der Waals surface area contributed by atoms with Crippen LogP contribution in [0.4, 0.5) is 0 Å². The largest absolute Gasteiger partial charge is 0.379 e. The van der Waals surface area contributed by atoms with Crippen LogP contribution in [0.3, 0.4) is 0 Å². The van der Waals surface area contributed by atoms with Crippen molar-refractivity contribution in [2.45, 2.75) is 32.7 Å². The van der Waals surface area contributed by atoms with Crippen LogP contribution in [0.5, 0.6) is 0 Å². The molecule has 1 atom stereocenters. The normalized spacial score (nSPS) is 21.7. The first-order valence-corrected chi connectivity index (χ1v) is 5.15. The van der Waals surface area contributed by atoms with Gasteiger partial charge in [0.2, 0.25) is 5.91 Å². The highest BCUT2D eigenvalue weighted by Crippen LogP contribution is 2.14. The number of nitrogens with two attached hydrogens (primary N) is 1. The van der Waals surface area contributed by atoms with Gasteiger partial charge in [0.05, 0.1) is 18.1 Å². The third kappa shape index (κ3) is 4.36. The second-order valence-electron chi connectivity index (χ2n) is 4.48. The molecule has 3 N–H and O–H groups in total. The fourth-order valence-electron chi connectivity index (χ4n) is 1.33. The Morgan fingerprint density at radius 2 is 2.27 bits per heavy atom. The SMILES string of the molecule is CC(C)(CN)C(=O)NC1CCCOC1.Cl. The number of ether oxygens (including phenoxy) is 1. The van der Waals surface area contributed by atoms with Crippen LogP contribution in [0.2, 0.25) is 0 Å². The lowest BCUT2D eigenvalue weighted by Crippen LogP contribution is -2.48. The summed E-state index contributed by atoms with van der Waals surface area (Å²) >= 11 is 0. The van der Waals surface area contributed by atoms with Gasteiger partial charge in [-0.1, -0.05) is 0 Å². The molecule has 0 aromatic heterocycles. The van der Waals surface area contributed by atoms with Gasteiger partial charge in [0.1, 0.15) is 0 Å².